The number of nitrogens with zero attached hydrogens (tertiary/aromatic N) is 3. The Kier molecular flexibility index (Phi) is 5.31. The highest BCUT2D eigenvalue weighted by Crippen LogP contribution is 2.39. The number of aryl methyl sites for hydroxylation is 2. The molecule has 1 aliphatic carbocycles. The second kappa shape index (κ2) is 8.49. The smallest absolute Gasteiger partial charge is 0.250 e. The number of pyridine rings is 1. The topological polar surface area (TPSA) is 89.3 Å². The summed E-state index contributed by atoms with van der Waals surface area (Å²) in [6, 6.07) is 11.8. The van der Waals surface area contributed by atoms with Crippen LogP contribution < -0.4 is 10.9 Å². The molecule has 3 atom stereocenters. The summed E-state index contributed by atoms with van der Waals surface area (Å²) in [6.07, 6.45) is 8.13. The first-order valence-electron chi connectivity index (χ1n) is 12.0. The molecule has 3 aliphatic rings. The van der Waals surface area contributed by atoms with Gasteiger partial charge < -0.3 is 19.7 Å². The van der Waals surface area contributed by atoms with Gasteiger partial charge in [0, 0.05) is 37.0 Å². The average Bonchev–Trinajstić information content (AvgIpc) is 2.84. The van der Waals surface area contributed by atoms with E-state index in [0.717, 1.165) is 55.7 Å². The third kappa shape index (κ3) is 3.85. The van der Waals surface area contributed by atoms with Crippen molar-refractivity contribution in [3.8, 4) is 28.1 Å². The predicted molar refractivity (Wildman–Crippen MR) is 130 cm³/mol. The van der Waals surface area contributed by atoms with Crippen molar-refractivity contribution in [3.63, 3.8) is 0 Å². The Morgan fingerprint density at radius 3 is 2.62 bits per heavy atom. The molecule has 34 heavy (non-hydrogen) atoms. The SMILES string of the molecule is Cn1ccc(-c2ccc(-c3cc4c(nn3)C(C3C[C@H]5COC[C@@H](C3)N5)=CCC4)c(O)c2)cc1=O. The highest BCUT2D eigenvalue weighted by molar-refractivity contribution is 5.76. The van der Waals surface area contributed by atoms with Crippen molar-refractivity contribution in [1.82, 2.24) is 20.1 Å². The maximum Gasteiger partial charge on any atom is 0.250 e. The van der Waals surface area contributed by atoms with Gasteiger partial charge in [-0.15, -0.1) is 10.2 Å². The highest BCUT2D eigenvalue weighted by Gasteiger charge is 2.35. The Hall–Kier alpha value is -3.29. The first-order valence-corrected chi connectivity index (χ1v) is 12.0. The average molecular weight is 457 g/mol. The van der Waals surface area contributed by atoms with E-state index in [1.165, 1.54) is 15.7 Å². The van der Waals surface area contributed by atoms with Crippen molar-refractivity contribution in [3.05, 3.63) is 70.3 Å². The summed E-state index contributed by atoms with van der Waals surface area (Å²) in [5.74, 6) is 0.607. The summed E-state index contributed by atoms with van der Waals surface area (Å²) in [7, 11) is 1.72. The van der Waals surface area contributed by atoms with Gasteiger partial charge >= 0.3 is 0 Å². The van der Waals surface area contributed by atoms with E-state index in [0.29, 0.717) is 29.3 Å². The van der Waals surface area contributed by atoms with Gasteiger partial charge in [-0.3, -0.25) is 4.79 Å². The molecule has 7 heteroatoms. The number of hydrogen-bond donors (Lipinski definition) is 2. The summed E-state index contributed by atoms with van der Waals surface area (Å²) in [4.78, 5) is 12.0. The zero-order valence-corrected chi connectivity index (χ0v) is 19.2. The first-order chi connectivity index (χ1) is 16.5. The standard InChI is InChI=1S/C27H28N4O3/c1-31-8-7-17(13-26(31)33)16-5-6-23(25(32)12-16)24-11-18-3-2-4-22(27(18)30-29-24)19-9-20-14-34-15-21(10-19)28-20/h4-8,11-13,19-21,28,32H,2-3,9-10,14-15H2,1H3/t19?,20-,21+. The van der Waals surface area contributed by atoms with Crippen LogP contribution in [0.3, 0.4) is 0 Å². The fourth-order valence-electron chi connectivity index (χ4n) is 5.58. The number of morpholine rings is 1. The molecule has 0 radical (unpaired) electrons. The van der Waals surface area contributed by atoms with Crippen molar-refractivity contribution < 1.29 is 9.84 Å². The summed E-state index contributed by atoms with van der Waals surface area (Å²) in [6.45, 7) is 1.56. The Bertz CT molecular complexity index is 1330. The lowest BCUT2D eigenvalue weighted by atomic mass is 9.77. The predicted octanol–water partition coefficient (Wildman–Crippen LogP) is 3.31. The lowest BCUT2D eigenvalue weighted by Gasteiger charge is -2.41. The Labute approximate surface area is 198 Å². The molecule has 4 heterocycles. The third-order valence-electron chi connectivity index (χ3n) is 7.32. The van der Waals surface area contributed by atoms with Gasteiger partial charge in [0.05, 0.1) is 24.6 Å². The van der Waals surface area contributed by atoms with E-state index in [9.17, 15) is 9.90 Å². The van der Waals surface area contributed by atoms with Crippen LogP contribution in [0, 0.1) is 5.92 Å². The molecule has 2 saturated heterocycles. The second-order valence-electron chi connectivity index (χ2n) is 9.66. The molecule has 2 aliphatic heterocycles. The van der Waals surface area contributed by atoms with Crippen LogP contribution in [0.1, 0.15) is 30.5 Å². The van der Waals surface area contributed by atoms with Crippen LogP contribution in [0.25, 0.3) is 28.0 Å². The van der Waals surface area contributed by atoms with Crippen molar-refractivity contribution in [2.24, 2.45) is 13.0 Å². The Balaban J connectivity index is 1.29. The quantitative estimate of drug-likeness (QED) is 0.629. The first kappa shape index (κ1) is 21.3. The number of aromatic hydroxyl groups is 1. The second-order valence-corrected chi connectivity index (χ2v) is 9.66. The van der Waals surface area contributed by atoms with E-state index < -0.39 is 0 Å². The maximum atomic E-state index is 12.0. The number of phenols is 1. The van der Waals surface area contributed by atoms with Crippen LogP contribution in [0.5, 0.6) is 5.75 Å². The molecule has 1 aromatic carbocycles. The number of aromatic nitrogens is 3. The fraction of sp³-hybridized carbons (Fsp3) is 0.370. The molecule has 2 bridgehead atoms. The molecule has 2 fully saturated rings. The summed E-state index contributed by atoms with van der Waals surface area (Å²) < 4.78 is 7.24. The Morgan fingerprint density at radius 2 is 1.85 bits per heavy atom. The van der Waals surface area contributed by atoms with E-state index in [4.69, 9.17) is 4.74 Å². The van der Waals surface area contributed by atoms with Crippen molar-refractivity contribution in [2.45, 2.75) is 37.8 Å². The highest BCUT2D eigenvalue weighted by atomic mass is 16.5. The number of ether oxygens (including phenoxy) is 1. The van der Waals surface area contributed by atoms with Gasteiger partial charge in [-0.2, -0.15) is 0 Å². The molecule has 2 N–H and O–H groups in total. The number of hydrogen-bond acceptors (Lipinski definition) is 6. The van der Waals surface area contributed by atoms with Gasteiger partial charge in [-0.1, -0.05) is 12.1 Å². The maximum absolute atomic E-state index is 12.0. The molecule has 6 rings (SSSR count). The largest absolute Gasteiger partial charge is 0.507 e. The molecule has 174 valence electrons. The zero-order chi connectivity index (χ0) is 23.2. The van der Waals surface area contributed by atoms with E-state index in [2.05, 4.69) is 27.7 Å². The van der Waals surface area contributed by atoms with E-state index >= 15 is 0 Å². The summed E-state index contributed by atoms with van der Waals surface area (Å²) in [5.41, 5.74) is 6.31. The lowest BCUT2D eigenvalue weighted by molar-refractivity contribution is 0.0154. The van der Waals surface area contributed by atoms with Crippen LogP contribution in [-0.4, -0.2) is 45.2 Å². The van der Waals surface area contributed by atoms with Gasteiger partial charge in [0.2, 0.25) is 0 Å². The zero-order valence-electron chi connectivity index (χ0n) is 19.2. The molecule has 1 unspecified atom stereocenters. The van der Waals surface area contributed by atoms with Gasteiger partial charge in [-0.25, -0.2) is 0 Å². The Morgan fingerprint density at radius 1 is 1.06 bits per heavy atom. The summed E-state index contributed by atoms with van der Waals surface area (Å²) in [5, 5.41) is 23.7. The summed E-state index contributed by atoms with van der Waals surface area (Å²) >= 11 is 0. The van der Waals surface area contributed by atoms with Crippen LogP contribution in [0.2, 0.25) is 0 Å². The number of fused-ring (bicyclic) bond motifs is 3. The van der Waals surface area contributed by atoms with Crippen LogP contribution in [0.4, 0.5) is 0 Å². The number of nitrogens with one attached hydrogen (secondary N) is 1. The van der Waals surface area contributed by atoms with E-state index in [-0.39, 0.29) is 11.3 Å². The van der Waals surface area contributed by atoms with Crippen molar-refractivity contribution in [1.29, 1.82) is 0 Å². The monoisotopic (exact) mass is 456 g/mol. The number of phenolic OH excluding ortho intramolecular Hbond substituents is 1. The van der Waals surface area contributed by atoms with Gasteiger partial charge in [0.25, 0.3) is 5.56 Å². The number of benzene rings is 1. The third-order valence-corrected chi connectivity index (χ3v) is 7.32. The molecule has 3 aromatic rings. The lowest BCUT2D eigenvalue weighted by Crippen LogP contribution is -2.54. The fourth-order valence-corrected chi connectivity index (χ4v) is 5.58. The van der Waals surface area contributed by atoms with Crippen LogP contribution in [-0.2, 0) is 18.2 Å². The minimum Gasteiger partial charge on any atom is -0.507 e. The molecule has 0 amide bonds. The molecule has 2 aromatic heterocycles. The van der Waals surface area contributed by atoms with Crippen molar-refractivity contribution >= 4 is 5.57 Å². The van der Waals surface area contributed by atoms with E-state index in [1.807, 2.05) is 18.2 Å². The molecular weight excluding hydrogens is 428 g/mol. The normalized spacial score (nSPS) is 23.8. The van der Waals surface area contributed by atoms with Crippen LogP contribution >= 0.6 is 0 Å². The molecule has 0 spiro atoms. The molecule has 7 nitrogen and oxygen atoms in total. The van der Waals surface area contributed by atoms with Crippen molar-refractivity contribution in [2.75, 3.05) is 13.2 Å². The van der Waals surface area contributed by atoms with Gasteiger partial charge in [0.15, 0.2) is 0 Å². The number of allylic oxidation sites excluding steroid dienone is 2. The molecule has 0 saturated carbocycles. The minimum absolute atomic E-state index is 0.0876. The number of rotatable bonds is 3. The van der Waals surface area contributed by atoms with Gasteiger partial charge in [0.1, 0.15) is 5.75 Å². The van der Waals surface area contributed by atoms with E-state index in [1.54, 1.807) is 25.4 Å². The molecular formula is C27H28N4O3. The number of piperidine rings is 1. The van der Waals surface area contributed by atoms with Gasteiger partial charge in [-0.05, 0) is 78.1 Å². The minimum atomic E-state index is -0.0876. The van der Waals surface area contributed by atoms with Crippen LogP contribution in [0.15, 0.2) is 53.5 Å².